The van der Waals surface area contributed by atoms with E-state index < -0.39 is 138 Å². The summed E-state index contributed by atoms with van der Waals surface area (Å²) < 4.78 is 0. The zero-order valence-electron chi connectivity index (χ0n) is 51.2. The number of ketones is 4. The van der Waals surface area contributed by atoms with Gasteiger partial charge in [-0.2, -0.15) is 0 Å². The monoisotopic (exact) mass is 1220 g/mol. The number of hydrogen-bond donors (Lipinski definition) is 13. The molecule has 16 N–H and O–H groups in total. The zero-order chi connectivity index (χ0) is 65.2. The van der Waals surface area contributed by atoms with E-state index in [4.69, 9.17) is 17.2 Å². The molecule has 8 amide bonds. The van der Waals surface area contributed by atoms with Gasteiger partial charge in [-0.05, 0) is 92.2 Å². The number of aromatic nitrogens is 1. The van der Waals surface area contributed by atoms with Crippen molar-refractivity contribution in [1.82, 2.24) is 42.2 Å². The molecule has 0 bridgehead atoms. The highest BCUT2D eigenvalue weighted by Crippen LogP contribution is 2.24. The molecular formula is C63H88N12O13. The Morgan fingerprint density at radius 1 is 0.568 bits per heavy atom. The Bertz CT molecular complexity index is 3070. The number of guanidine groups is 1. The van der Waals surface area contributed by atoms with E-state index in [1.807, 2.05) is 52.0 Å². The van der Waals surface area contributed by atoms with E-state index in [1.165, 1.54) is 33.0 Å². The maximum absolute atomic E-state index is 14.3. The number of carbonyl (C=O) groups excluding carboxylic acids is 11. The Balaban J connectivity index is 1.49. The number of Topliss-reactive ketones (excluding diaryl/α,β-unsaturated/α-hetero) is 4. The van der Waals surface area contributed by atoms with Crippen molar-refractivity contribution in [3.63, 3.8) is 0 Å². The number of primary amides is 2. The zero-order valence-corrected chi connectivity index (χ0v) is 51.2. The summed E-state index contributed by atoms with van der Waals surface area (Å²) in [5.74, 6) is -11.1. The molecule has 0 spiro atoms. The number of nitrogens with zero attached hydrogens (tertiary/aromatic N) is 1. The molecule has 1 aromatic heterocycles. The second-order valence-electron chi connectivity index (χ2n) is 23.2. The van der Waals surface area contributed by atoms with Gasteiger partial charge in [-0.3, -0.25) is 52.9 Å². The molecule has 0 fully saturated rings. The molecule has 478 valence electrons. The molecule has 0 aliphatic carbocycles. The molecule has 25 nitrogen and oxygen atoms in total. The third-order valence-corrected chi connectivity index (χ3v) is 14.8. The van der Waals surface area contributed by atoms with Crippen LogP contribution in [0.3, 0.4) is 0 Å². The third kappa shape index (κ3) is 24.4. The number of rotatable bonds is 38. The Hall–Kier alpha value is -9.00. The van der Waals surface area contributed by atoms with Crippen LogP contribution in [0.25, 0.3) is 10.9 Å². The van der Waals surface area contributed by atoms with Crippen LogP contribution in [0.2, 0.25) is 0 Å². The fourth-order valence-electron chi connectivity index (χ4n) is 10.2. The largest absolute Gasteiger partial charge is 0.508 e. The fraction of sp³-hybridized carbons (Fsp3) is 0.492. The highest BCUT2D eigenvalue weighted by atomic mass is 16.3. The van der Waals surface area contributed by atoms with Crippen LogP contribution in [0, 0.1) is 29.6 Å². The maximum Gasteiger partial charge on any atom is 0.315 e. The van der Waals surface area contributed by atoms with Crippen LogP contribution in [0.15, 0.2) is 90.1 Å². The lowest BCUT2D eigenvalue weighted by Gasteiger charge is -2.27. The molecule has 3 aromatic carbocycles. The summed E-state index contributed by atoms with van der Waals surface area (Å²) in [5, 5.41) is 40.2. The van der Waals surface area contributed by atoms with E-state index in [1.54, 1.807) is 48.7 Å². The van der Waals surface area contributed by atoms with Crippen molar-refractivity contribution in [1.29, 1.82) is 0 Å². The van der Waals surface area contributed by atoms with Gasteiger partial charge >= 0.3 is 6.03 Å². The van der Waals surface area contributed by atoms with Crippen molar-refractivity contribution >= 4 is 81.5 Å². The molecule has 0 saturated heterocycles. The number of fused-ring (bicyclic) bond motifs is 1. The van der Waals surface area contributed by atoms with Gasteiger partial charge in [0.1, 0.15) is 11.8 Å². The summed E-state index contributed by atoms with van der Waals surface area (Å²) in [6, 6.07) is 14.7. The summed E-state index contributed by atoms with van der Waals surface area (Å²) in [6.45, 7) is 9.34. The van der Waals surface area contributed by atoms with Gasteiger partial charge in [-0.15, -0.1) is 0 Å². The first-order valence-electron chi connectivity index (χ1n) is 29.6. The number of nitrogens with one attached hydrogen (secondary N) is 8. The molecule has 1 heterocycles. The first-order valence-corrected chi connectivity index (χ1v) is 29.6. The van der Waals surface area contributed by atoms with Crippen LogP contribution in [-0.4, -0.2) is 142 Å². The Morgan fingerprint density at radius 3 is 1.73 bits per heavy atom. The molecule has 0 saturated carbocycles. The average Bonchev–Trinajstić information content (AvgIpc) is 4.14. The molecule has 0 radical (unpaired) electrons. The molecule has 25 heteroatoms. The van der Waals surface area contributed by atoms with Gasteiger partial charge in [0.15, 0.2) is 29.1 Å². The molecule has 0 unspecified atom stereocenters. The minimum absolute atomic E-state index is 0.00364. The second kappa shape index (κ2) is 35.6. The number of carbonyl (C=O) groups is 11. The smallest absolute Gasteiger partial charge is 0.315 e. The Labute approximate surface area is 512 Å². The maximum atomic E-state index is 14.3. The third-order valence-electron chi connectivity index (χ3n) is 14.8. The molecule has 0 aliphatic heterocycles. The quantitative estimate of drug-likeness (QED) is 0.0173. The Kier molecular flexibility index (Phi) is 28.9. The lowest BCUT2D eigenvalue weighted by molar-refractivity contribution is -0.137. The number of nitrogens with two attached hydrogens (primary N) is 3. The Morgan fingerprint density at radius 2 is 1.12 bits per heavy atom. The number of aliphatic hydroxyl groups is 1. The normalized spacial score (nSPS) is 14.6. The van der Waals surface area contributed by atoms with Crippen LogP contribution >= 0.6 is 0 Å². The standard InChI is InChI=1S/C63H88N12O13/c1-35(2)24-42(30-54(80)49(71-38(6)77)27-40-19-21-44(78)22-20-40)60(86)72-51(32-57(64)83)55(81)31-46(37(5)76)61(87)73-50(26-39-14-9-8-10-15-39)56(82)34-70-63(88)75-48(25-36(3)4)53(79)29-41(16-13-23-68-62(66)67-7)59(85)74-52(58(65)84)28-43-33-69-47-18-12-11-17-45(43)47/h8-12,14-15,17-22,33,35-37,41-42,46,48-52,69,76,78H,13,16,23-32,34H2,1-7H3,(H2,64,83)(H2,65,84)(H,71,77)(H,72,86)(H,73,87)(H,74,85)(H3,66,67,68)(H2,70,75,88)/t37-,41-,42-,46+,48+,49-,50+,51+,52+/m1/s1. The lowest BCUT2D eigenvalue weighted by atomic mass is 9.87. The van der Waals surface area contributed by atoms with E-state index in [0.29, 0.717) is 24.1 Å². The number of benzene rings is 3. The first kappa shape index (κ1) is 71.5. The number of aromatic hydroxyl groups is 1. The highest BCUT2D eigenvalue weighted by Gasteiger charge is 2.37. The number of para-hydroxylation sites is 1. The van der Waals surface area contributed by atoms with Crippen molar-refractivity contribution in [3.05, 3.63) is 102 Å². The number of H-pyrrole nitrogens is 1. The van der Waals surface area contributed by atoms with Crippen LogP contribution in [0.5, 0.6) is 5.75 Å². The minimum Gasteiger partial charge on any atom is -0.508 e. The summed E-state index contributed by atoms with van der Waals surface area (Å²) in [4.78, 5) is 157. The number of hydrogen-bond acceptors (Lipinski definition) is 14. The minimum atomic E-state index is -1.62. The van der Waals surface area contributed by atoms with Crippen molar-refractivity contribution in [2.75, 3.05) is 20.1 Å². The van der Waals surface area contributed by atoms with Gasteiger partial charge in [-0.1, -0.05) is 88.4 Å². The van der Waals surface area contributed by atoms with Gasteiger partial charge in [-0.25, -0.2) is 4.79 Å². The number of aliphatic imine (C=N–C) groups is 1. The summed E-state index contributed by atoms with van der Waals surface area (Å²) in [7, 11) is 1.50. The summed E-state index contributed by atoms with van der Waals surface area (Å²) in [6.07, 6.45) is -1.29. The molecule has 4 aromatic rings. The van der Waals surface area contributed by atoms with Crippen LogP contribution in [-0.2, 0) is 67.2 Å². The SMILES string of the molecule is CN=C(N)NCCC[C@H](CC(=O)[C@H](CC(C)C)NC(=O)NCC(=O)[C@H](Cc1ccccc1)NC(=O)[C@@H](CC(=O)[C@H](CC(N)=O)NC(=O)[C@@H](CC(=O)[C@@H](Cc1ccc(O)cc1)NC(C)=O)CC(C)C)[C@@H](C)O)C(=O)N[C@@H](Cc1c[nH]c2ccccc12)C(N)=O. The second-order valence-corrected chi connectivity index (χ2v) is 23.2. The van der Waals surface area contributed by atoms with E-state index in [0.717, 1.165) is 16.5 Å². The van der Waals surface area contributed by atoms with Crippen LogP contribution in [0.1, 0.15) is 110 Å². The van der Waals surface area contributed by atoms with Gasteiger partial charge in [0.25, 0.3) is 0 Å². The molecular weight excluding hydrogens is 1130 g/mol. The summed E-state index contributed by atoms with van der Waals surface area (Å²) >= 11 is 0. The number of amides is 8. The number of aliphatic hydroxyl groups excluding tert-OH is 1. The van der Waals surface area contributed by atoms with Crippen molar-refractivity contribution < 1.29 is 63.0 Å². The highest BCUT2D eigenvalue weighted by molar-refractivity contribution is 5.99. The molecule has 9 atom stereocenters. The first-order chi connectivity index (χ1) is 41.6. The topological polar surface area (TPSA) is 419 Å². The van der Waals surface area contributed by atoms with Crippen molar-refractivity contribution in [2.45, 2.75) is 148 Å². The predicted octanol–water partition coefficient (Wildman–Crippen LogP) is 1.97. The van der Waals surface area contributed by atoms with Gasteiger partial charge < -0.3 is 69.6 Å². The summed E-state index contributed by atoms with van der Waals surface area (Å²) in [5.41, 5.74) is 19.9. The van der Waals surface area contributed by atoms with E-state index >= 15 is 0 Å². The number of urea groups is 1. The number of aromatic amines is 1. The van der Waals surface area contributed by atoms with E-state index in [2.05, 4.69) is 47.2 Å². The van der Waals surface area contributed by atoms with Crippen LogP contribution < -0.4 is 54.4 Å². The molecule has 0 aliphatic rings. The van der Waals surface area contributed by atoms with Crippen molar-refractivity contribution in [3.8, 4) is 5.75 Å². The van der Waals surface area contributed by atoms with Gasteiger partial charge in [0, 0.05) is 75.1 Å². The van der Waals surface area contributed by atoms with Gasteiger partial charge in [0.05, 0.1) is 49.2 Å². The van der Waals surface area contributed by atoms with E-state index in [9.17, 15) is 63.0 Å². The van der Waals surface area contributed by atoms with E-state index in [-0.39, 0.29) is 74.9 Å². The lowest BCUT2D eigenvalue weighted by Crippen LogP contribution is -2.53. The molecule has 88 heavy (non-hydrogen) atoms. The predicted molar refractivity (Wildman–Crippen MR) is 330 cm³/mol. The average molecular weight is 1220 g/mol. The van der Waals surface area contributed by atoms with Gasteiger partial charge in [0.2, 0.25) is 35.4 Å². The van der Waals surface area contributed by atoms with Crippen molar-refractivity contribution in [2.24, 2.45) is 51.8 Å². The number of phenolic OH excluding ortho intramolecular Hbond substituents is 1. The van der Waals surface area contributed by atoms with Crippen LogP contribution in [0.4, 0.5) is 4.79 Å². The molecule has 4 rings (SSSR count). The number of phenols is 1. The fourth-order valence-corrected chi connectivity index (χ4v) is 10.2.